The first-order chi connectivity index (χ1) is 17.6. The summed E-state index contributed by atoms with van der Waals surface area (Å²) in [5, 5.41) is 14.1. The predicted molar refractivity (Wildman–Crippen MR) is 139 cm³/mol. The maximum atomic E-state index is 11.8. The summed E-state index contributed by atoms with van der Waals surface area (Å²) in [6.45, 7) is 2.28. The van der Waals surface area contributed by atoms with Crippen LogP contribution < -0.4 is 10.1 Å². The lowest BCUT2D eigenvalue weighted by Crippen LogP contribution is -2.20. The molecule has 0 bridgehead atoms. The van der Waals surface area contributed by atoms with Gasteiger partial charge >= 0.3 is 5.97 Å². The van der Waals surface area contributed by atoms with Gasteiger partial charge in [-0.3, -0.25) is 4.79 Å². The summed E-state index contributed by atoms with van der Waals surface area (Å²) in [6, 6.07) is 12.0. The Bertz CT molecular complexity index is 1340. The molecule has 1 aliphatic carbocycles. The number of fused-ring (bicyclic) bond motifs is 3. The molecular formula is C29H31N3O4. The monoisotopic (exact) mass is 485 g/mol. The van der Waals surface area contributed by atoms with Gasteiger partial charge in [-0.15, -0.1) is 0 Å². The van der Waals surface area contributed by atoms with Crippen molar-refractivity contribution in [2.75, 3.05) is 25.1 Å². The van der Waals surface area contributed by atoms with E-state index in [9.17, 15) is 9.90 Å². The highest BCUT2D eigenvalue weighted by molar-refractivity contribution is 5.82. The van der Waals surface area contributed by atoms with Gasteiger partial charge in [-0.25, -0.2) is 4.98 Å². The van der Waals surface area contributed by atoms with E-state index in [1.54, 1.807) is 0 Å². The van der Waals surface area contributed by atoms with Gasteiger partial charge in [-0.05, 0) is 60.7 Å². The van der Waals surface area contributed by atoms with Crippen molar-refractivity contribution in [3.63, 3.8) is 0 Å². The average molecular weight is 486 g/mol. The van der Waals surface area contributed by atoms with E-state index in [0.29, 0.717) is 12.5 Å². The zero-order valence-corrected chi connectivity index (χ0v) is 20.2. The summed E-state index contributed by atoms with van der Waals surface area (Å²) in [5.74, 6) is 1.32. The van der Waals surface area contributed by atoms with Crippen molar-refractivity contribution < 1.29 is 19.4 Å². The molecule has 7 heteroatoms. The molecule has 1 fully saturated rings. The summed E-state index contributed by atoms with van der Waals surface area (Å²) >= 11 is 0. The molecule has 3 atom stereocenters. The second-order valence-electron chi connectivity index (χ2n) is 9.81. The van der Waals surface area contributed by atoms with Gasteiger partial charge in [0.2, 0.25) is 0 Å². The number of aryl methyl sites for hydroxylation is 1. The molecule has 2 aliphatic heterocycles. The fraction of sp³-hybridized carbons (Fsp3) is 0.379. The van der Waals surface area contributed by atoms with Gasteiger partial charge < -0.3 is 24.5 Å². The summed E-state index contributed by atoms with van der Waals surface area (Å²) in [5.41, 5.74) is 4.35. The Hall–Kier alpha value is -3.58. The van der Waals surface area contributed by atoms with E-state index in [1.807, 2.05) is 36.5 Å². The van der Waals surface area contributed by atoms with Crippen molar-refractivity contribution in [2.24, 2.45) is 5.92 Å². The van der Waals surface area contributed by atoms with Gasteiger partial charge in [0.25, 0.3) is 0 Å². The Labute approximate surface area is 210 Å². The Morgan fingerprint density at radius 3 is 3.14 bits per heavy atom. The van der Waals surface area contributed by atoms with Crippen LogP contribution in [0.25, 0.3) is 10.9 Å². The summed E-state index contributed by atoms with van der Waals surface area (Å²) in [4.78, 5) is 16.5. The first-order valence-electron chi connectivity index (χ1n) is 12.8. The molecule has 1 aromatic carbocycles. The molecular weight excluding hydrogens is 454 g/mol. The number of rotatable bonds is 8. The van der Waals surface area contributed by atoms with Crippen molar-refractivity contribution in [1.82, 2.24) is 9.55 Å². The van der Waals surface area contributed by atoms with Gasteiger partial charge in [0.15, 0.2) is 0 Å². The van der Waals surface area contributed by atoms with Crippen molar-refractivity contribution in [1.29, 1.82) is 0 Å². The lowest BCUT2D eigenvalue weighted by molar-refractivity contribution is -0.137. The van der Waals surface area contributed by atoms with Crippen molar-refractivity contribution >= 4 is 22.7 Å². The molecule has 3 aromatic rings. The molecule has 0 amide bonds. The number of benzene rings is 1. The molecule has 6 rings (SSSR count). The number of pyridine rings is 1. The van der Waals surface area contributed by atoms with E-state index in [-0.39, 0.29) is 18.6 Å². The number of aliphatic carboxylic acids is 1. The maximum Gasteiger partial charge on any atom is 0.305 e. The third-order valence-corrected chi connectivity index (χ3v) is 7.43. The van der Waals surface area contributed by atoms with Crippen LogP contribution in [-0.2, 0) is 22.4 Å². The zero-order chi connectivity index (χ0) is 24.5. The number of carboxylic acids is 1. The standard InChI is InChI=1S/C29H31N3O4/c33-28(34)18-26(20-4-8-27-22(16-20)10-14-36-27)32-13-9-21-17-24(6-7-25(21)32)35-15-11-23-5-3-19-2-1-12-30-29(19)31-23/h3-9,13,16-17,22,26-27H,1-2,10-12,14-15,18H2,(H,30,31)(H,33,34). The number of allylic oxidation sites excluding steroid dienone is 2. The number of nitrogens with one attached hydrogen (secondary N) is 1. The number of ether oxygens (including phenoxy) is 2. The highest BCUT2D eigenvalue weighted by Crippen LogP contribution is 2.36. The zero-order valence-electron chi connectivity index (χ0n) is 20.2. The van der Waals surface area contributed by atoms with Gasteiger partial charge in [0, 0.05) is 48.3 Å². The van der Waals surface area contributed by atoms with E-state index < -0.39 is 5.97 Å². The smallest absolute Gasteiger partial charge is 0.305 e. The van der Waals surface area contributed by atoms with E-state index in [1.165, 1.54) is 5.56 Å². The summed E-state index contributed by atoms with van der Waals surface area (Å²) < 4.78 is 13.9. The van der Waals surface area contributed by atoms with E-state index in [2.05, 4.69) is 34.2 Å². The lowest BCUT2D eigenvalue weighted by atomic mass is 9.89. The number of carbonyl (C=O) groups is 1. The molecule has 0 radical (unpaired) electrons. The van der Waals surface area contributed by atoms with Crippen LogP contribution in [0.2, 0.25) is 0 Å². The molecule has 186 valence electrons. The molecule has 2 aromatic heterocycles. The van der Waals surface area contributed by atoms with Crippen LogP contribution >= 0.6 is 0 Å². The van der Waals surface area contributed by atoms with Crippen molar-refractivity contribution in [3.05, 3.63) is 77.7 Å². The maximum absolute atomic E-state index is 11.8. The van der Waals surface area contributed by atoms with Crippen LogP contribution in [0, 0.1) is 5.92 Å². The first kappa shape index (κ1) is 22.9. The highest BCUT2D eigenvalue weighted by Gasteiger charge is 2.30. The van der Waals surface area contributed by atoms with Crippen LogP contribution in [-0.4, -0.2) is 46.5 Å². The molecule has 4 heterocycles. The summed E-state index contributed by atoms with van der Waals surface area (Å²) in [6.07, 6.45) is 12.4. The van der Waals surface area contributed by atoms with Crippen LogP contribution in [0.1, 0.15) is 36.6 Å². The highest BCUT2D eigenvalue weighted by atomic mass is 16.5. The average Bonchev–Trinajstić information content (AvgIpc) is 3.53. The number of hydrogen-bond donors (Lipinski definition) is 2. The fourth-order valence-corrected chi connectivity index (χ4v) is 5.56. The lowest BCUT2D eigenvalue weighted by Gasteiger charge is -2.25. The van der Waals surface area contributed by atoms with E-state index in [0.717, 1.165) is 72.6 Å². The molecule has 3 aliphatic rings. The van der Waals surface area contributed by atoms with Gasteiger partial charge in [-0.2, -0.15) is 0 Å². The molecule has 7 nitrogen and oxygen atoms in total. The Morgan fingerprint density at radius 1 is 1.28 bits per heavy atom. The third kappa shape index (κ3) is 4.63. The molecule has 1 saturated heterocycles. The number of aromatic nitrogens is 2. The Morgan fingerprint density at radius 2 is 2.22 bits per heavy atom. The van der Waals surface area contributed by atoms with Crippen LogP contribution in [0.15, 0.2) is 66.4 Å². The SMILES string of the molecule is O=C(O)CC(C1=CC2CCOC2C=C1)n1ccc2cc(OCCc3ccc4c(n3)NCCC4)ccc21. The molecule has 36 heavy (non-hydrogen) atoms. The quantitative estimate of drug-likeness (QED) is 0.470. The van der Waals surface area contributed by atoms with Gasteiger partial charge in [0.1, 0.15) is 11.6 Å². The molecule has 0 spiro atoms. The molecule has 2 N–H and O–H groups in total. The second-order valence-corrected chi connectivity index (χ2v) is 9.81. The minimum Gasteiger partial charge on any atom is -0.493 e. The Kier molecular flexibility index (Phi) is 6.23. The van der Waals surface area contributed by atoms with Crippen LogP contribution in [0.3, 0.4) is 0 Å². The summed E-state index contributed by atoms with van der Waals surface area (Å²) in [7, 11) is 0. The predicted octanol–water partition coefficient (Wildman–Crippen LogP) is 4.93. The normalized spacial score (nSPS) is 21.4. The largest absolute Gasteiger partial charge is 0.493 e. The topological polar surface area (TPSA) is 85.6 Å². The number of nitrogens with zero attached hydrogens (tertiary/aromatic N) is 2. The van der Waals surface area contributed by atoms with Crippen LogP contribution in [0.4, 0.5) is 5.82 Å². The third-order valence-electron chi connectivity index (χ3n) is 7.43. The van der Waals surface area contributed by atoms with Crippen LogP contribution in [0.5, 0.6) is 5.75 Å². The number of carboxylic acid groups (broad SMARTS) is 1. The Balaban J connectivity index is 1.17. The van der Waals surface area contributed by atoms with Gasteiger partial charge in [0.05, 0.1) is 25.2 Å². The van der Waals surface area contributed by atoms with E-state index >= 15 is 0 Å². The van der Waals surface area contributed by atoms with Gasteiger partial charge in [-0.1, -0.05) is 24.3 Å². The van der Waals surface area contributed by atoms with Crippen molar-refractivity contribution in [3.8, 4) is 5.75 Å². The fourth-order valence-electron chi connectivity index (χ4n) is 5.56. The number of anilines is 1. The minimum atomic E-state index is -0.813. The van der Waals surface area contributed by atoms with E-state index in [4.69, 9.17) is 14.5 Å². The molecule has 0 saturated carbocycles. The first-order valence-corrected chi connectivity index (χ1v) is 12.8. The molecule has 3 unspecified atom stereocenters. The number of hydrogen-bond acceptors (Lipinski definition) is 5. The second kappa shape index (κ2) is 9.82. The minimum absolute atomic E-state index is 0.0269. The van der Waals surface area contributed by atoms with Crippen molar-refractivity contribution in [2.45, 2.75) is 44.2 Å².